The number of thiazole rings is 1. The quantitative estimate of drug-likeness (QED) is 0.402. The molecule has 192 valence electrons. The minimum atomic E-state index is -2.85. The predicted octanol–water partition coefficient (Wildman–Crippen LogP) is 5.47. The number of Topliss-reactive ketones (excluding diaryl/α,β-unsaturated/α-hetero) is 1. The van der Waals surface area contributed by atoms with Crippen LogP contribution in [0.4, 0.5) is 8.78 Å². The van der Waals surface area contributed by atoms with Gasteiger partial charge in [0.15, 0.2) is 12.4 Å². The third kappa shape index (κ3) is 8.20. The molecule has 4 rings (SSSR count). The fourth-order valence-corrected chi connectivity index (χ4v) is 5.75. The summed E-state index contributed by atoms with van der Waals surface area (Å²) < 4.78 is 36.9. The van der Waals surface area contributed by atoms with Crippen molar-refractivity contribution in [3.8, 4) is 10.9 Å². The first-order valence-corrected chi connectivity index (χ1v) is 13.3. The molecule has 9 heteroatoms. The second kappa shape index (κ2) is 11.7. The van der Waals surface area contributed by atoms with Crippen molar-refractivity contribution in [3.05, 3.63) is 34.6 Å². The third-order valence-corrected chi connectivity index (χ3v) is 7.93. The number of hydrogen-bond acceptors (Lipinski definition) is 7. The van der Waals surface area contributed by atoms with Crippen LogP contribution in [0, 0.1) is 18.8 Å². The Morgan fingerprint density at radius 1 is 1.20 bits per heavy atom. The SMILES string of the molecule is Cc1ccc(OCC(=O)CC2CCC(CCN3CCc4sc(OCC(C)(F)F)nc4C3)CC2)cn1. The molecule has 1 fully saturated rings. The Morgan fingerprint density at radius 3 is 2.69 bits per heavy atom. The first-order valence-electron chi connectivity index (χ1n) is 12.5. The zero-order valence-electron chi connectivity index (χ0n) is 20.6. The van der Waals surface area contributed by atoms with Gasteiger partial charge in [0.05, 0.1) is 11.9 Å². The Labute approximate surface area is 210 Å². The monoisotopic (exact) mass is 507 g/mol. The minimum Gasteiger partial charge on any atom is -0.484 e. The lowest BCUT2D eigenvalue weighted by Gasteiger charge is -2.31. The molecule has 0 atom stereocenters. The zero-order valence-corrected chi connectivity index (χ0v) is 21.4. The van der Waals surface area contributed by atoms with Crippen LogP contribution in [0.2, 0.25) is 0 Å². The number of aryl methyl sites for hydroxylation is 1. The van der Waals surface area contributed by atoms with Crippen molar-refractivity contribution in [1.29, 1.82) is 0 Å². The van der Waals surface area contributed by atoms with Crippen molar-refractivity contribution < 1.29 is 23.0 Å². The lowest BCUT2D eigenvalue weighted by atomic mass is 9.78. The van der Waals surface area contributed by atoms with Crippen LogP contribution in [0.15, 0.2) is 18.3 Å². The van der Waals surface area contributed by atoms with Crippen LogP contribution in [0.5, 0.6) is 10.9 Å². The second-order valence-electron chi connectivity index (χ2n) is 10.1. The van der Waals surface area contributed by atoms with Crippen LogP contribution in [-0.4, -0.2) is 52.9 Å². The zero-order chi connectivity index (χ0) is 24.8. The summed E-state index contributed by atoms with van der Waals surface area (Å²) in [6.07, 6.45) is 8.83. The smallest absolute Gasteiger partial charge is 0.278 e. The first-order chi connectivity index (χ1) is 16.7. The molecule has 0 radical (unpaired) electrons. The summed E-state index contributed by atoms with van der Waals surface area (Å²) in [5.41, 5.74) is 1.90. The maximum Gasteiger partial charge on any atom is 0.278 e. The van der Waals surface area contributed by atoms with E-state index in [1.807, 2.05) is 19.1 Å². The third-order valence-electron chi connectivity index (χ3n) is 6.86. The van der Waals surface area contributed by atoms with E-state index in [0.717, 1.165) is 68.5 Å². The van der Waals surface area contributed by atoms with Gasteiger partial charge in [-0.05, 0) is 63.1 Å². The molecule has 0 N–H and O–H groups in total. The molecule has 0 amide bonds. The number of hydrogen-bond donors (Lipinski definition) is 0. The van der Waals surface area contributed by atoms with E-state index in [4.69, 9.17) is 9.47 Å². The molecule has 0 bridgehead atoms. The average Bonchev–Trinajstić information content (AvgIpc) is 3.24. The van der Waals surface area contributed by atoms with Crippen LogP contribution in [0.1, 0.15) is 61.7 Å². The fourth-order valence-electron chi connectivity index (χ4n) is 4.84. The number of carbonyl (C=O) groups is 1. The van der Waals surface area contributed by atoms with Crippen molar-refractivity contribution >= 4 is 17.1 Å². The van der Waals surface area contributed by atoms with Crippen molar-refractivity contribution in [2.45, 2.75) is 71.3 Å². The van der Waals surface area contributed by atoms with Gasteiger partial charge in [-0.15, -0.1) is 0 Å². The van der Waals surface area contributed by atoms with Gasteiger partial charge in [-0.2, -0.15) is 0 Å². The number of fused-ring (bicyclic) bond motifs is 1. The summed E-state index contributed by atoms with van der Waals surface area (Å²) >= 11 is 1.40. The van der Waals surface area contributed by atoms with E-state index in [0.29, 0.717) is 29.2 Å². The van der Waals surface area contributed by atoms with Crippen LogP contribution in [-0.2, 0) is 17.8 Å². The molecule has 0 aromatic carbocycles. The maximum absolute atomic E-state index is 13.0. The molecule has 0 spiro atoms. The lowest BCUT2D eigenvalue weighted by molar-refractivity contribution is -0.122. The largest absolute Gasteiger partial charge is 0.484 e. The molecule has 3 heterocycles. The first kappa shape index (κ1) is 25.9. The number of aromatic nitrogens is 2. The Balaban J connectivity index is 1.12. The number of halogens is 2. The van der Waals surface area contributed by atoms with E-state index in [-0.39, 0.29) is 12.4 Å². The van der Waals surface area contributed by atoms with Crippen molar-refractivity contribution in [2.75, 3.05) is 26.3 Å². The predicted molar refractivity (Wildman–Crippen MR) is 131 cm³/mol. The van der Waals surface area contributed by atoms with Gasteiger partial charge in [-0.25, -0.2) is 13.8 Å². The molecular formula is C26H35F2N3O3S. The Morgan fingerprint density at radius 2 is 1.97 bits per heavy atom. The summed E-state index contributed by atoms with van der Waals surface area (Å²) in [6.45, 7) is 5.01. The highest BCUT2D eigenvalue weighted by Crippen LogP contribution is 2.34. The Hall–Kier alpha value is -2.13. The van der Waals surface area contributed by atoms with E-state index < -0.39 is 12.5 Å². The summed E-state index contributed by atoms with van der Waals surface area (Å²) in [5.74, 6) is -0.898. The number of rotatable bonds is 11. The van der Waals surface area contributed by atoms with Crippen molar-refractivity contribution in [3.63, 3.8) is 0 Å². The fraction of sp³-hybridized carbons (Fsp3) is 0.654. The van der Waals surface area contributed by atoms with E-state index >= 15 is 0 Å². The van der Waals surface area contributed by atoms with E-state index in [1.165, 1.54) is 24.2 Å². The second-order valence-corrected chi connectivity index (χ2v) is 11.1. The van der Waals surface area contributed by atoms with Gasteiger partial charge >= 0.3 is 0 Å². The molecule has 1 saturated carbocycles. The summed E-state index contributed by atoms with van der Waals surface area (Å²) in [5, 5.41) is 0.354. The normalized spacial score (nSPS) is 20.9. The number of alkyl halides is 2. The van der Waals surface area contributed by atoms with Crippen molar-refractivity contribution in [1.82, 2.24) is 14.9 Å². The molecule has 0 unspecified atom stereocenters. The highest BCUT2D eigenvalue weighted by Gasteiger charge is 2.27. The molecular weight excluding hydrogens is 472 g/mol. The number of pyridine rings is 1. The van der Waals surface area contributed by atoms with Crippen LogP contribution in [0.25, 0.3) is 0 Å². The van der Waals surface area contributed by atoms with E-state index in [1.54, 1.807) is 6.20 Å². The van der Waals surface area contributed by atoms with E-state index in [9.17, 15) is 13.6 Å². The number of ether oxygens (including phenoxy) is 2. The molecule has 2 aromatic rings. The van der Waals surface area contributed by atoms with Gasteiger partial charge in [0.1, 0.15) is 12.4 Å². The number of ketones is 1. The maximum atomic E-state index is 13.0. The Kier molecular flexibility index (Phi) is 8.70. The Bertz CT molecular complexity index is 969. The van der Waals surface area contributed by atoms with Gasteiger partial charge in [0.2, 0.25) is 0 Å². The van der Waals surface area contributed by atoms with E-state index in [2.05, 4.69) is 14.9 Å². The van der Waals surface area contributed by atoms with Gasteiger partial charge in [-0.3, -0.25) is 14.7 Å². The highest BCUT2D eigenvalue weighted by molar-refractivity contribution is 7.13. The minimum absolute atomic E-state index is 0.117. The summed E-state index contributed by atoms with van der Waals surface area (Å²) in [4.78, 5) is 24.6. The summed E-state index contributed by atoms with van der Waals surface area (Å²) in [6, 6.07) is 3.72. The van der Waals surface area contributed by atoms with Gasteiger partial charge < -0.3 is 9.47 Å². The lowest BCUT2D eigenvalue weighted by Crippen LogP contribution is -2.32. The standard InChI is InChI=1S/C26H35F2N3O3S/c1-18-3-8-22(14-29-18)33-16-21(32)13-20-6-4-19(5-7-20)9-11-31-12-10-24-23(15-31)30-25(35-24)34-17-26(2,27)28/h3,8,14,19-20H,4-7,9-13,15-17H2,1-2H3. The number of nitrogens with zero attached hydrogens (tertiary/aromatic N) is 3. The van der Waals surface area contributed by atoms with Crippen LogP contribution < -0.4 is 9.47 Å². The van der Waals surface area contributed by atoms with Gasteiger partial charge in [0.25, 0.3) is 11.1 Å². The average molecular weight is 508 g/mol. The number of carbonyl (C=O) groups excluding carboxylic acids is 1. The van der Waals surface area contributed by atoms with Crippen LogP contribution in [0.3, 0.4) is 0 Å². The molecule has 6 nitrogen and oxygen atoms in total. The molecule has 35 heavy (non-hydrogen) atoms. The summed E-state index contributed by atoms with van der Waals surface area (Å²) in [7, 11) is 0. The van der Waals surface area contributed by atoms with Crippen molar-refractivity contribution in [2.24, 2.45) is 11.8 Å². The van der Waals surface area contributed by atoms with Crippen LogP contribution >= 0.6 is 11.3 Å². The molecule has 2 aromatic heterocycles. The molecule has 1 aliphatic heterocycles. The highest BCUT2D eigenvalue weighted by atomic mass is 32.1. The molecule has 0 saturated heterocycles. The van der Waals surface area contributed by atoms with Gasteiger partial charge in [0, 0.05) is 37.0 Å². The van der Waals surface area contributed by atoms with Gasteiger partial charge in [-0.1, -0.05) is 24.2 Å². The molecule has 1 aliphatic carbocycles. The topological polar surface area (TPSA) is 64.5 Å². The molecule has 2 aliphatic rings.